The molecule has 144 valence electrons. The quantitative estimate of drug-likeness (QED) is 0.777. The van der Waals surface area contributed by atoms with E-state index in [1.54, 1.807) is 0 Å². The summed E-state index contributed by atoms with van der Waals surface area (Å²) < 4.78 is 36.7. The molecule has 0 spiro atoms. The zero-order valence-electron chi connectivity index (χ0n) is 14.6. The summed E-state index contributed by atoms with van der Waals surface area (Å²) in [4.78, 5) is 24.8. The number of halogens is 3. The number of carbonyl (C=O) groups excluding carboxylic acids is 2. The van der Waals surface area contributed by atoms with E-state index in [-0.39, 0.29) is 28.6 Å². The van der Waals surface area contributed by atoms with Gasteiger partial charge >= 0.3 is 0 Å². The van der Waals surface area contributed by atoms with Gasteiger partial charge in [-0.3, -0.25) is 9.59 Å². The third-order valence-electron chi connectivity index (χ3n) is 3.59. The van der Waals surface area contributed by atoms with Gasteiger partial charge < -0.3 is 20.1 Å². The van der Waals surface area contributed by atoms with Crippen LogP contribution in [0.3, 0.4) is 0 Å². The molecule has 0 saturated heterocycles. The second-order valence-corrected chi connectivity index (χ2v) is 6.06. The highest BCUT2D eigenvalue weighted by Crippen LogP contribution is 2.36. The van der Waals surface area contributed by atoms with E-state index in [2.05, 4.69) is 0 Å². The molecule has 9 heteroatoms. The van der Waals surface area contributed by atoms with Gasteiger partial charge in [0.05, 0.1) is 12.1 Å². The number of ether oxygens (including phenoxy) is 2. The van der Waals surface area contributed by atoms with Crippen LogP contribution in [0.15, 0.2) is 30.3 Å². The summed E-state index contributed by atoms with van der Waals surface area (Å²) in [6, 6.07) is 6.15. The Hall–Kier alpha value is -2.87. The van der Waals surface area contributed by atoms with Crippen LogP contribution in [0, 0.1) is 11.6 Å². The summed E-state index contributed by atoms with van der Waals surface area (Å²) in [5.41, 5.74) is 5.64. The SMILES string of the molecule is COc1cc(C(=O)N(C)Cc2ccc(F)c(F)c2)cc(Cl)c1OCC(N)=O. The van der Waals surface area contributed by atoms with Gasteiger partial charge in [0, 0.05) is 19.2 Å². The number of carbonyl (C=O) groups is 2. The van der Waals surface area contributed by atoms with Crippen molar-refractivity contribution in [1.82, 2.24) is 4.90 Å². The number of primary amides is 1. The average molecular weight is 399 g/mol. The number of nitrogens with two attached hydrogens (primary N) is 1. The Kier molecular flexibility index (Phi) is 6.57. The molecule has 0 bridgehead atoms. The number of rotatable bonds is 7. The zero-order valence-corrected chi connectivity index (χ0v) is 15.3. The predicted octanol–water partition coefficient (Wildman–Crippen LogP) is 2.76. The van der Waals surface area contributed by atoms with Crippen LogP contribution in [0.25, 0.3) is 0 Å². The summed E-state index contributed by atoms with van der Waals surface area (Å²) >= 11 is 6.12. The molecule has 0 unspecified atom stereocenters. The monoisotopic (exact) mass is 398 g/mol. The van der Waals surface area contributed by atoms with E-state index < -0.39 is 30.1 Å². The van der Waals surface area contributed by atoms with Crippen LogP contribution in [0.2, 0.25) is 5.02 Å². The Labute approximate surface area is 159 Å². The normalized spacial score (nSPS) is 10.4. The minimum Gasteiger partial charge on any atom is -0.493 e. The highest BCUT2D eigenvalue weighted by Gasteiger charge is 2.19. The molecule has 0 aromatic heterocycles. The summed E-state index contributed by atoms with van der Waals surface area (Å²) in [7, 11) is 2.85. The van der Waals surface area contributed by atoms with Gasteiger partial charge in [-0.05, 0) is 29.8 Å². The molecule has 0 atom stereocenters. The number of amides is 2. The molecule has 0 aliphatic heterocycles. The van der Waals surface area contributed by atoms with Crippen molar-refractivity contribution in [1.29, 1.82) is 0 Å². The molecule has 0 saturated carbocycles. The molecule has 6 nitrogen and oxygen atoms in total. The highest BCUT2D eigenvalue weighted by atomic mass is 35.5. The number of hydrogen-bond donors (Lipinski definition) is 1. The Morgan fingerprint density at radius 1 is 1.19 bits per heavy atom. The largest absolute Gasteiger partial charge is 0.493 e. The van der Waals surface area contributed by atoms with Gasteiger partial charge in [-0.25, -0.2) is 8.78 Å². The highest BCUT2D eigenvalue weighted by molar-refractivity contribution is 6.32. The number of methoxy groups -OCH3 is 1. The fourth-order valence-electron chi connectivity index (χ4n) is 2.33. The van der Waals surface area contributed by atoms with E-state index in [0.29, 0.717) is 5.56 Å². The first-order valence-electron chi connectivity index (χ1n) is 7.71. The van der Waals surface area contributed by atoms with E-state index in [1.807, 2.05) is 0 Å². The summed E-state index contributed by atoms with van der Waals surface area (Å²) in [6.45, 7) is -0.352. The van der Waals surface area contributed by atoms with Crippen molar-refractivity contribution in [2.24, 2.45) is 5.73 Å². The van der Waals surface area contributed by atoms with E-state index in [9.17, 15) is 18.4 Å². The minimum absolute atomic E-state index is 0.0515. The molecule has 0 radical (unpaired) electrons. The van der Waals surface area contributed by atoms with Crippen LogP contribution in [-0.4, -0.2) is 37.5 Å². The first-order chi connectivity index (χ1) is 12.7. The van der Waals surface area contributed by atoms with Gasteiger partial charge in [-0.1, -0.05) is 17.7 Å². The minimum atomic E-state index is -0.992. The smallest absolute Gasteiger partial charge is 0.255 e. The van der Waals surface area contributed by atoms with Gasteiger partial charge in [-0.2, -0.15) is 0 Å². The van der Waals surface area contributed by atoms with Crippen molar-refractivity contribution in [2.45, 2.75) is 6.54 Å². The fourth-order valence-corrected chi connectivity index (χ4v) is 2.60. The fraction of sp³-hybridized carbons (Fsp3) is 0.222. The summed E-state index contributed by atoms with van der Waals surface area (Å²) in [5.74, 6) is -2.85. The first kappa shape index (κ1) is 20.4. The molecule has 2 aromatic rings. The summed E-state index contributed by atoms with van der Waals surface area (Å²) in [5, 5.41) is 0.0557. The second kappa shape index (κ2) is 8.68. The Morgan fingerprint density at radius 2 is 1.89 bits per heavy atom. The van der Waals surface area contributed by atoms with Gasteiger partial charge in [0.15, 0.2) is 29.7 Å². The molecule has 27 heavy (non-hydrogen) atoms. The molecule has 2 N–H and O–H groups in total. The van der Waals surface area contributed by atoms with Crippen LogP contribution in [0.4, 0.5) is 8.78 Å². The van der Waals surface area contributed by atoms with E-state index in [4.69, 9.17) is 26.8 Å². The van der Waals surface area contributed by atoms with E-state index >= 15 is 0 Å². The average Bonchev–Trinajstić information content (AvgIpc) is 2.62. The maximum absolute atomic E-state index is 13.3. The first-order valence-corrected chi connectivity index (χ1v) is 8.08. The van der Waals surface area contributed by atoms with Crippen molar-refractivity contribution < 1.29 is 27.8 Å². The van der Waals surface area contributed by atoms with Crippen molar-refractivity contribution in [3.63, 3.8) is 0 Å². The van der Waals surface area contributed by atoms with Crippen LogP contribution < -0.4 is 15.2 Å². The second-order valence-electron chi connectivity index (χ2n) is 5.65. The number of benzene rings is 2. The standard InChI is InChI=1S/C18H17ClF2N2O4/c1-23(8-10-3-4-13(20)14(21)5-10)18(25)11-6-12(19)17(15(7-11)26-2)27-9-16(22)24/h3-7H,8-9H2,1-2H3,(H2,22,24). The van der Waals surface area contributed by atoms with Crippen LogP contribution in [0.5, 0.6) is 11.5 Å². The Bertz CT molecular complexity index is 877. The lowest BCUT2D eigenvalue weighted by Gasteiger charge is -2.19. The molecule has 0 aliphatic rings. The van der Waals surface area contributed by atoms with Gasteiger partial charge in [0.1, 0.15) is 0 Å². The predicted molar refractivity (Wildman–Crippen MR) is 94.8 cm³/mol. The lowest BCUT2D eigenvalue weighted by atomic mass is 10.1. The molecular formula is C18H17ClF2N2O4. The Morgan fingerprint density at radius 3 is 2.48 bits per heavy atom. The number of hydrogen-bond acceptors (Lipinski definition) is 4. The molecular weight excluding hydrogens is 382 g/mol. The maximum Gasteiger partial charge on any atom is 0.255 e. The maximum atomic E-state index is 13.3. The van der Waals surface area contributed by atoms with Gasteiger partial charge in [0.25, 0.3) is 11.8 Å². The molecule has 0 fully saturated rings. The van der Waals surface area contributed by atoms with Crippen LogP contribution in [-0.2, 0) is 11.3 Å². The van der Waals surface area contributed by atoms with Crippen molar-refractivity contribution >= 4 is 23.4 Å². The molecule has 2 rings (SSSR count). The van der Waals surface area contributed by atoms with Crippen LogP contribution in [0.1, 0.15) is 15.9 Å². The summed E-state index contributed by atoms with van der Waals surface area (Å²) in [6.07, 6.45) is 0. The third-order valence-corrected chi connectivity index (χ3v) is 3.87. The molecule has 0 aliphatic carbocycles. The van der Waals surface area contributed by atoms with Crippen molar-refractivity contribution in [3.8, 4) is 11.5 Å². The third kappa shape index (κ3) is 5.07. The van der Waals surface area contributed by atoms with Gasteiger partial charge in [0.2, 0.25) is 0 Å². The molecule has 0 heterocycles. The lowest BCUT2D eigenvalue weighted by molar-refractivity contribution is -0.119. The van der Waals surface area contributed by atoms with E-state index in [1.165, 1.54) is 37.3 Å². The van der Waals surface area contributed by atoms with Gasteiger partial charge in [-0.15, -0.1) is 0 Å². The lowest BCUT2D eigenvalue weighted by Crippen LogP contribution is -2.26. The Balaban J connectivity index is 2.22. The molecule has 2 amide bonds. The topological polar surface area (TPSA) is 81.9 Å². The number of nitrogens with zero attached hydrogens (tertiary/aromatic N) is 1. The van der Waals surface area contributed by atoms with Crippen molar-refractivity contribution in [2.75, 3.05) is 20.8 Å². The van der Waals surface area contributed by atoms with Crippen LogP contribution >= 0.6 is 11.6 Å². The van der Waals surface area contributed by atoms with E-state index in [0.717, 1.165) is 12.1 Å². The van der Waals surface area contributed by atoms with Crippen molar-refractivity contribution in [3.05, 3.63) is 58.1 Å². The zero-order chi connectivity index (χ0) is 20.1. The molecule has 2 aromatic carbocycles.